The van der Waals surface area contributed by atoms with Crippen LogP contribution in [0, 0.1) is 5.92 Å². The normalized spacial score (nSPS) is 13.1. The second-order valence-corrected chi connectivity index (χ2v) is 12.0. The van der Waals surface area contributed by atoms with Crippen molar-refractivity contribution in [3.05, 3.63) is 108 Å². The Morgan fingerprint density at radius 2 is 1.13 bits per heavy atom. The van der Waals surface area contributed by atoms with E-state index in [2.05, 4.69) is 85.0 Å². The van der Waals surface area contributed by atoms with Gasteiger partial charge >= 0.3 is 5.97 Å². The molecule has 0 saturated carbocycles. The molecule has 0 spiro atoms. The molecule has 1 unspecified atom stereocenters. The molecule has 1 N–H and O–H groups in total. The van der Waals surface area contributed by atoms with Gasteiger partial charge in [0.2, 0.25) is 0 Å². The molecule has 0 aliphatic carbocycles. The molecule has 1 atom stereocenters. The van der Waals surface area contributed by atoms with Crippen LogP contribution in [0.15, 0.2) is 91.0 Å². The van der Waals surface area contributed by atoms with Crippen LogP contribution in [0.3, 0.4) is 0 Å². The molecule has 0 saturated heterocycles. The van der Waals surface area contributed by atoms with Crippen LogP contribution in [0.2, 0.25) is 0 Å². The maximum atomic E-state index is 13.8. The molecule has 3 aromatic carbocycles. The summed E-state index contributed by atoms with van der Waals surface area (Å²) in [6.07, 6.45) is 3.12. The van der Waals surface area contributed by atoms with Gasteiger partial charge in [0, 0.05) is 12.3 Å². The van der Waals surface area contributed by atoms with Crippen molar-refractivity contribution in [3.63, 3.8) is 0 Å². The first kappa shape index (κ1) is 30.3. The average Bonchev–Trinajstić information content (AvgIpc) is 2.91. The predicted octanol–water partition coefficient (Wildman–Crippen LogP) is 7.50. The Balaban J connectivity index is 1.71. The van der Waals surface area contributed by atoms with Gasteiger partial charge < -0.3 is 10.1 Å². The summed E-state index contributed by atoms with van der Waals surface area (Å²) in [5.74, 6) is -0.249. The number of ether oxygens (including phenoxy) is 1. The van der Waals surface area contributed by atoms with E-state index in [0.29, 0.717) is 13.0 Å². The van der Waals surface area contributed by atoms with Crippen molar-refractivity contribution in [1.29, 1.82) is 0 Å². The first-order valence-corrected chi connectivity index (χ1v) is 14.2. The highest BCUT2D eigenvalue weighted by molar-refractivity contribution is 5.84. The zero-order chi connectivity index (χ0) is 28.5. The largest absolute Gasteiger partial charge is 0.459 e. The topological polar surface area (TPSA) is 55.4 Å². The number of hydrogen-bond acceptors (Lipinski definition) is 4. The van der Waals surface area contributed by atoms with Gasteiger partial charge in [-0.1, -0.05) is 104 Å². The van der Waals surface area contributed by atoms with Crippen LogP contribution >= 0.6 is 0 Å². The Morgan fingerprint density at radius 1 is 0.692 bits per heavy atom. The van der Waals surface area contributed by atoms with Gasteiger partial charge in [0.1, 0.15) is 16.9 Å². The lowest BCUT2D eigenvalue weighted by molar-refractivity contribution is -0.161. The number of carbonyl (C=O) groups is 2. The minimum atomic E-state index is -0.752. The summed E-state index contributed by atoms with van der Waals surface area (Å²) in [4.78, 5) is 26.3. The molecule has 0 aliphatic heterocycles. The van der Waals surface area contributed by atoms with Crippen molar-refractivity contribution < 1.29 is 14.3 Å². The summed E-state index contributed by atoms with van der Waals surface area (Å²) in [7, 11) is 0. The zero-order valence-corrected chi connectivity index (χ0v) is 24.5. The average molecular weight is 528 g/mol. The molecule has 4 nitrogen and oxygen atoms in total. The molecule has 4 heteroatoms. The highest BCUT2D eigenvalue weighted by atomic mass is 16.6. The second-order valence-electron chi connectivity index (χ2n) is 12.0. The number of benzene rings is 3. The summed E-state index contributed by atoms with van der Waals surface area (Å²) in [6, 6.07) is 31.2. The third kappa shape index (κ3) is 7.67. The second kappa shape index (κ2) is 13.2. The number of unbranched alkanes of at least 4 members (excludes halogenated alkanes) is 2. The minimum absolute atomic E-state index is 0.252. The fraction of sp³-hybridized carbons (Fsp3) is 0.429. The van der Waals surface area contributed by atoms with Crippen molar-refractivity contribution in [2.24, 2.45) is 5.92 Å². The third-order valence-corrected chi connectivity index (χ3v) is 7.40. The van der Waals surface area contributed by atoms with Gasteiger partial charge in [0.05, 0.1) is 5.41 Å². The van der Waals surface area contributed by atoms with E-state index >= 15 is 0 Å². The summed E-state index contributed by atoms with van der Waals surface area (Å²) < 4.78 is 5.53. The predicted molar refractivity (Wildman–Crippen MR) is 160 cm³/mol. The molecule has 0 aromatic heterocycles. The number of hydrogen-bond donors (Lipinski definition) is 1. The Labute approximate surface area is 235 Å². The number of rotatable bonds is 13. The van der Waals surface area contributed by atoms with E-state index in [-0.39, 0.29) is 17.7 Å². The van der Waals surface area contributed by atoms with Crippen LogP contribution in [0.25, 0.3) is 0 Å². The number of ketones is 1. The van der Waals surface area contributed by atoms with Gasteiger partial charge in [-0.3, -0.25) is 9.59 Å². The molecule has 0 heterocycles. The van der Waals surface area contributed by atoms with E-state index < -0.39 is 16.6 Å². The smallest absolute Gasteiger partial charge is 0.326 e. The van der Waals surface area contributed by atoms with Crippen LogP contribution < -0.4 is 5.32 Å². The molecule has 3 aromatic rings. The van der Waals surface area contributed by atoms with Crippen LogP contribution in [-0.4, -0.2) is 29.4 Å². The van der Waals surface area contributed by atoms with Crippen LogP contribution in [0.1, 0.15) is 83.9 Å². The fourth-order valence-electron chi connectivity index (χ4n) is 5.29. The van der Waals surface area contributed by atoms with E-state index in [4.69, 9.17) is 4.74 Å². The first-order valence-electron chi connectivity index (χ1n) is 14.2. The fourth-order valence-corrected chi connectivity index (χ4v) is 5.29. The van der Waals surface area contributed by atoms with E-state index in [1.807, 2.05) is 52.8 Å². The molecular formula is C35H45NO3. The first-order chi connectivity index (χ1) is 18.5. The zero-order valence-electron chi connectivity index (χ0n) is 24.5. The lowest BCUT2D eigenvalue weighted by Gasteiger charge is -2.40. The molecule has 0 bridgehead atoms. The van der Waals surface area contributed by atoms with Gasteiger partial charge in [-0.15, -0.1) is 0 Å². The van der Waals surface area contributed by atoms with Gasteiger partial charge in [0.15, 0.2) is 0 Å². The van der Waals surface area contributed by atoms with Crippen LogP contribution in [0.5, 0.6) is 0 Å². The molecule has 0 amide bonds. The standard InChI is InChI=1S/C35H45NO3/c1-27(31(37)25-17-10-18-26-36-34(5,6)32(38)39-33(2,3)4)35(28-19-11-7-12-20-28,29-21-13-8-14-22-29)30-23-15-9-16-24-30/h7-9,11-16,19-24,27,36H,10,17-18,25-26H2,1-6H3. The maximum absolute atomic E-state index is 13.8. The van der Waals surface area contributed by atoms with Crippen molar-refractivity contribution >= 4 is 11.8 Å². The quantitative estimate of drug-likeness (QED) is 0.142. The Kier molecular flexibility index (Phi) is 10.3. The Hall–Kier alpha value is -3.24. The molecule has 208 valence electrons. The highest BCUT2D eigenvalue weighted by Crippen LogP contribution is 2.46. The van der Waals surface area contributed by atoms with Crippen molar-refractivity contribution in [2.75, 3.05) is 6.54 Å². The van der Waals surface area contributed by atoms with Gasteiger partial charge in [-0.25, -0.2) is 0 Å². The van der Waals surface area contributed by atoms with Crippen LogP contribution in [-0.2, 0) is 19.7 Å². The summed E-state index contributed by atoms with van der Waals surface area (Å²) >= 11 is 0. The molecule has 0 fully saturated rings. The SMILES string of the molecule is CC(C(=O)CCCCCNC(C)(C)C(=O)OC(C)(C)C)C(c1ccccc1)(c1ccccc1)c1ccccc1. The Bertz CT molecular complexity index is 1080. The number of Topliss-reactive ketones (excluding diaryl/α,β-unsaturated/α-hetero) is 1. The Morgan fingerprint density at radius 3 is 1.54 bits per heavy atom. The third-order valence-electron chi connectivity index (χ3n) is 7.40. The minimum Gasteiger partial charge on any atom is -0.459 e. The molecule has 3 rings (SSSR count). The van der Waals surface area contributed by atoms with E-state index in [0.717, 1.165) is 36.0 Å². The monoisotopic (exact) mass is 527 g/mol. The molecule has 0 radical (unpaired) electrons. The van der Waals surface area contributed by atoms with E-state index in [9.17, 15) is 9.59 Å². The number of nitrogens with one attached hydrogen (secondary N) is 1. The van der Waals surface area contributed by atoms with Gasteiger partial charge in [-0.05, 0) is 70.7 Å². The molecule has 0 aliphatic rings. The summed E-state index contributed by atoms with van der Waals surface area (Å²) in [5.41, 5.74) is 1.52. The summed E-state index contributed by atoms with van der Waals surface area (Å²) in [6.45, 7) is 12.1. The van der Waals surface area contributed by atoms with E-state index in [1.165, 1.54) is 0 Å². The van der Waals surface area contributed by atoms with Crippen molar-refractivity contribution in [3.8, 4) is 0 Å². The lowest BCUT2D eigenvalue weighted by atomic mass is 9.61. The van der Waals surface area contributed by atoms with Crippen molar-refractivity contribution in [1.82, 2.24) is 5.32 Å². The highest BCUT2D eigenvalue weighted by Gasteiger charge is 2.44. The van der Waals surface area contributed by atoms with Crippen LogP contribution in [0.4, 0.5) is 0 Å². The van der Waals surface area contributed by atoms with Crippen molar-refractivity contribution in [2.45, 2.75) is 83.8 Å². The van der Waals surface area contributed by atoms with Gasteiger partial charge in [-0.2, -0.15) is 0 Å². The maximum Gasteiger partial charge on any atom is 0.326 e. The number of carbonyl (C=O) groups excluding carboxylic acids is 2. The van der Waals surface area contributed by atoms with E-state index in [1.54, 1.807) is 0 Å². The molecule has 39 heavy (non-hydrogen) atoms. The molecular weight excluding hydrogens is 482 g/mol. The number of esters is 1. The summed E-state index contributed by atoms with van der Waals surface area (Å²) in [5, 5.41) is 3.32. The van der Waals surface area contributed by atoms with Gasteiger partial charge in [0.25, 0.3) is 0 Å². The lowest BCUT2D eigenvalue weighted by Crippen LogP contribution is -2.50.